The van der Waals surface area contributed by atoms with Gasteiger partial charge in [-0.05, 0) is 50.9 Å². The van der Waals surface area contributed by atoms with E-state index in [9.17, 15) is 0 Å². The first-order valence-corrected chi connectivity index (χ1v) is 7.81. The SMILES string of the molecule is Cc1cc(CN2CCC[C@H](c3ccn[nH]3)C2)c(C)s1. The van der Waals surface area contributed by atoms with Crippen molar-refractivity contribution in [1.29, 1.82) is 0 Å². The Bertz CT molecular complexity index is 530. The maximum Gasteiger partial charge on any atom is 0.0490 e. The standard InChI is InChI=1S/C15H21N3S/c1-11-8-14(12(2)19-11)10-18-7-3-4-13(9-18)15-5-6-16-17-15/h5-6,8,13H,3-4,7,9-10H2,1-2H3,(H,16,17)/t13-/m0/s1. The summed E-state index contributed by atoms with van der Waals surface area (Å²) in [5, 5.41) is 7.21. The number of nitrogens with zero attached hydrogens (tertiary/aromatic N) is 2. The van der Waals surface area contributed by atoms with Gasteiger partial charge in [-0.2, -0.15) is 5.10 Å². The zero-order chi connectivity index (χ0) is 13.2. The van der Waals surface area contributed by atoms with Gasteiger partial charge in [-0.15, -0.1) is 11.3 Å². The lowest BCUT2D eigenvalue weighted by atomic mass is 9.94. The highest BCUT2D eigenvalue weighted by Gasteiger charge is 2.22. The van der Waals surface area contributed by atoms with E-state index in [1.807, 2.05) is 17.5 Å². The van der Waals surface area contributed by atoms with Crippen molar-refractivity contribution < 1.29 is 0 Å². The van der Waals surface area contributed by atoms with Crippen LogP contribution in [0.2, 0.25) is 0 Å². The predicted molar refractivity (Wildman–Crippen MR) is 79.6 cm³/mol. The fourth-order valence-electron chi connectivity index (χ4n) is 3.03. The molecule has 0 saturated carbocycles. The number of hydrogen-bond acceptors (Lipinski definition) is 3. The van der Waals surface area contributed by atoms with Crippen molar-refractivity contribution in [2.45, 2.75) is 39.2 Å². The van der Waals surface area contributed by atoms with Crippen LogP contribution in [0.1, 0.15) is 39.8 Å². The molecule has 0 aromatic carbocycles. The summed E-state index contributed by atoms with van der Waals surface area (Å²) in [6.07, 6.45) is 4.42. The molecule has 102 valence electrons. The Balaban J connectivity index is 1.67. The lowest BCUT2D eigenvalue weighted by molar-refractivity contribution is 0.198. The van der Waals surface area contributed by atoms with Crippen LogP contribution in [-0.4, -0.2) is 28.2 Å². The van der Waals surface area contributed by atoms with E-state index < -0.39 is 0 Å². The molecule has 1 saturated heterocycles. The molecule has 0 spiro atoms. The molecule has 4 heteroatoms. The molecule has 0 aliphatic carbocycles. The van der Waals surface area contributed by atoms with Gasteiger partial charge in [-0.3, -0.25) is 10.00 Å². The van der Waals surface area contributed by atoms with Crippen LogP contribution in [0, 0.1) is 13.8 Å². The molecule has 0 radical (unpaired) electrons. The van der Waals surface area contributed by atoms with Crippen LogP contribution in [0.4, 0.5) is 0 Å². The fraction of sp³-hybridized carbons (Fsp3) is 0.533. The average Bonchev–Trinajstić information content (AvgIpc) is 3.01. The third-order valence-electron chi connectivity index (χ3n) is 4.01. The number of thiophene rings is 1. The molecule has 1 N–H and O–H groups in total. The van der Waals surface area contributed by atoms with Crippen molar-refractivity contribution in [3.63, 3.8) is 0 Å². The van der Waals surface area contributed by atoms with E-state index in [-0.39, 0.29) is 0 Å². The first-order valence-electron chi connectivity index (χ1n) is 7.00. The smallest absolute Gasteiger partial charge is 0.0490 e. The zero-order valence-electron chi connectivity index (χ0n) is 11.6. The van der Waals surface area contributed by atoms with Crippen LogP contribution >= 0.6 is 11.3 Å². The average molecular weight is 275 g/mol. The number of hydrogen-bond donors (Lipinski definition) is 1. The van der Waals surface area contributed by atoms with Gasteiger partial charge < -0.3 is 0 Å². The number of rotatable bonds is 3. The maximum atomic E-state index is 4.08. The summed E-state index contributed by atoms with van der Waals surface area (Å²) in [5.74, 6) is 0.622. The first kappa shape index (κ1) is 12.9. The fourth-order valence-corrected chi connectivity index (χ4v) is 3.97. The van der Waals surface area contributed by atoms with Crippen molar-refractivity contribution in [3.8, 4) is 0 Å². The Hall–Kier alpha value is -1.13. The van der Waals surface area contributed by atoms with E-state index >= 15 is 0 Å². The van der Waals surface area contributed by atoms with E-state index in [4.69, 9.17) is 0 Å². The van der Waals surface area contributed by atoms with Gasteiger partial charge in [0, 0.05) is 40.7 Å². The van der Waals surface area contributed by atoms with Gasteiger partial charge in [0.25, 0.3) is 0 Å². The highest BCUT2D eigenvalue weighted by molar-refractivity contribution is 7.12. The normalized spacial score (nSPS) is 20.8. The van der Waals surface area contributed by atoms with Crippen LogP contribution in [0.3, 0.4) is 0 Å². The molecule has 3 nitrogen and oxygen atoms in total. The Labute approximate surface area is 118 Å². The summed E-state index contributed by atoms with van der Waals surface area (Å²) in [6.45, 7) is 7.91. The van der Waals surface area contributed by atoms with E-state index in [0.717, 1.165) is 13.1 Å². The van der Waals surface area contributed by atoms with E-state index in [0.29, 0.717) is 5.92 Å². The molecule has 1 atom stereocenters. The van der Waals surface area contributed by atoms with Crippen LogP contribution in [-0.2, 0) is 6.54 Å². The molecule has 3 rings (SSSR count). The van der Waals surface area contributed by atoms with E-state index in [1.54, 1.807) is 0 Å². The highest BCUT2D eigenvalue weighted by Crippen LogP contribution is 2.28. The minimum absolute atomic E-state index is 0.622. The number of nitrogens with one attached hydrogen (secondary N) is 1. The molecule has 0 unspecified atom stereocenters. The highest BCUT2D eigenvalue weighted by atomic mass is 32.1. The number of aryl methyl sites for hydroxylation is 2. The van der Waals surface area contributed by atoms with Crippen molar-refractivity contribution in [2.24, 2.45) is 0 Å². The van der Waals surface area contributed by atoms with Crippen molar-refractivity contribution >= 4 is 11.3 Å². The number of piperidine rings is 1. The van der Waals surface area contributed by atoms with Crippen LogP contribution < -0.4 is 0 Å². The summed E-state index contributed by atoms with van der Waals surface area (Å²) in [7, 11) is 0. The molecule has 2 aromatic heterocycles. The van der Waals surface area contributed by atoms with Crippen LogP contribution in [0.15, 0.2) is 18.3 Å². The van der Waals surface area contributed by atoms with Crippen molar-refractivity contribution in [1.82, 2.24) is 15.1 Å². The second kappa shape index (κ2) is 5.47. The molecule has 0 bridgehead atoms. The quantitative estimate of drug-likeness (QED) is 0.930. The third kappa shape index (κ3) is 2.90. The first-order chi connectivity index (χ1) is 9.22. The summed E-state index contributed by atoms with van der Waals surface area (Å²) in [4.78, 5) is 5.49. The molecule has 3 heterocycles. The molecule has 0 amide bonds. The number of H-pyrrole nitrogens is 1. The van der Waals surface area contributed by atoms with Gasteiger partial charge >= 0.3 is 0 Å². The zero-order valence-corrected chi connectivity index (χ0v) is 12.5. The number of likely N-dealkylation sites (tertiary alicyclic amines) is 1. The maximum absolute atomic E-state index is 4.08. The molecule has 2 aromatic rings. The van der Waals surface area contributed by atoms with Crippen molar-refractivity contribution in [3.05, 3.63) is 39.3 Å². The molecule has 1 fully saturated rings. The van der Waals surface area contributed by atoms with Crippen LogP contribution in [0.25, 0.3) is 0 Å². The number of aromatic nitrogens is 2. The van der Waals surface area contributed by atoms with Gasteiger partial charge in [-0.1, -0.05) is 0 Å². The molecule has 19 heavy (non-hydrogen) atoms. The molecular formula is C15H21N3S. The lowest BCUT2D eigenvalue weighted by Crippen LogP contribution is -2.34. The largest absolute Gasteiger partial charge is 0.298 e. The minimum Gasteiger partial charge on any atom is -0.298 e. The molecule has 1 aliphatic rings. The molecular weight excluding hydrogens is 254 g/mol. The lowest BCUT2D eigenvalue weighted by Gasteiger charge is -2.32. The summed E-state index contributed by atoms with van der Waals surface area (Å²) in [6, 6.07) is 4.47. The van der Waals surface area contributed by atoms with Gasteiger partial charge in [-0.25, -0.2) is 0 Å². The number of aromatic amines is 1. The van der Waals surface area contributed by atoms with Gasteiger partial charge in [0.2, 0.25) is 0 Å². The van der Waals surface area contributed by atoms with Gasteiger partial charge in [0.15, 0.2) is 0 Å². The topological polar surface area (TPSA) is 31.9 Å². The summed E-state index contributed by atoms with van der Waals surface area (Å²) in [5.41, 5.74) is 2.80. The predicted octanol–water partition coefficient (Wildman–Crippen LogP) is 3.47. The van der Waals surface area contributed by atoms with E-state index in [2.05, 4.69) is 41.1 Å². The van der Waals surface area contributed by atoms with E-state index in [1.165, 1.54) is 40.4 Å². The van der Waals surface area contributed by atoms with Crippen molar-refractivity contribution in [2.75, 3.05) is 13.1 Å². The van der Waals surface area contributed by atoms with Gasteiger partial charge in [0.05, 0.1) is 0 Å². The second-order valence-electron chi connectivity index (χ2n) is 5.52. The molecule has 1 aliphatic heterocycles. The Kier molecular flexibility index (Phi) is 3.71. The Morgan fingerprint density at radius 2 is 2.37 bits per heavy atom. The Morgan fingerprint density at radius 1 is 1.47 bits per heavy atom. The minimum atomic E-state index is 0.622. The summed E-state index contributed by atoms with van der Waals surface area (Å²) >= 11 is 1.91. The van der Waals surface area contributed by atoms with Gasteiger partial charge in [0.1, 0.15) is 0 Å². The monoisotopic (exact) mass is 275 g/mol. The Morgan fingerprint density at radius 3 is 3.05 bits per heavy atom. The second-order valence-corrected chi connectivity index (χ2v) is 6.99. The summed E-state index contributed by atoms with van der Waals surface area (Å²) < 4.78 is 0. The van der Waals surface area contributed by atoms with Crippen LogP contribution in [0.5, 0.6) is 0 Å². The third-order valence-corrected chi connectivity index (χ3v) is 5.01.